The van der Waals surface area contributed by atoms with E-state index in [-0.39, 0.29) is 11.9 Å². The molecule has 1 aromatic carbocycles. The first-order valence-corrected chi connectivity index (χ1v) is 5.55. The molecule has 4 heteroatoms. The van der Waals surface area contributed by atoms with Crippen LogP contribution in [0.1, 0.15) is 24.5 Å². The SMILES string of the molecule is COc1ccc(C2CC(=O)CCO2)cc1Cl. The zero-order chi connectivity index (χ0) is 11.5. The molecule has 86 valence electrons. The number of ether oxygens (including phenoxy) is 2. The highest BCUT2D eigenvalue weighted by atomic mass is 35.5. The van der Waals surface area contributed by atoms with Crippen molar-refractivity contribution >= 4 is 17.4 Å². The molecule has 2 rings (SSSR count). The van der Waals surface area contributed by atoms with Gasteiger partial charge in [-0.05, 0) is 17.7 Å². The molecule has 1 heterocycles. The summed E-state index contributed by atoms with van der Waals surface area (Å²) < 4.78 is 10.6. The van der Waals surface area contributed by atoms with Crippen LogP contribution in [0.2, 0.25) is 5.02 Å². The molecule has 0 radical (unpaired) electrons. The summed E-state index contributed by atoms with van der Waals surface area (Å²) >= 11 is 6.02. The number of halogens is 1. The van der Waals surface area contributed by atoms with E-state index in [4.69, 9.17) is 21.1 Å². The third kappa shape index (κ3) is 2.36. The van der Waals surface area contributed by atoms with Crippen molar-refractivity contribution in [3.8, 4) is 5.75 Å². The van der Waals surface area contributed by atoms with E-state index >= 15 is 0 Å². The highest BCUT2D eigenvalue weighted by Crippen LogP contribution is 2.32. The summed E-state index contributed by atoms with van der Waals surface area (Å²) in [6, 6.07) is 5.47. The molecule has 0 saturated carbocycles. The summed E-state index contributed by atoms with van der Waals surface area (Å²) in [5.41, 5.74) is 0.929. The number of hydrogen-bond acceptors (Lipinski definition) is 3. The number of Topliss-reactive ketones (excluding diaryl/α,β-unsaturated/α-hetero) is 1. The van der Waals surface area contributed by atoms with E-state index in [1.54, 1.807) is 19.2 Å². The summed E-state index contributed by atoms with van der Waals surface area (Å²) in [7, 11) is 1.57. The molecule has 1 aliphatic heterocycles. The van der Waals surface area contributed by atoms with Crippen LogP contribution in [-0.4, -0.2) is 19.5 Å². The molecule has 1 aromatic rings. The van der Waals surface area contributed by atoms with Crippen LogP contribution in [0, 0.1) is 0 Å². The van der Waals surface area contributed by atoms with Crippen LogP contribution < -0.4 is 4.74 Å². The molecule has 16 heavy (non-hydrogen) atoms. The predicted molar refractivity (Wildman–Crippen MR) is 60.9 cm³/mol. The number of ketones is 1. The second kappa shape index (κ2) is 4.85. The molecular weight excluding hydrogens is 228 g/mol. The maximum Gasteiger partial charge on any atom is 0.138 e. The smallest absolute Gasteiger partial charge is 0.138 e. The van der Waals surface area contributed by atoms with Crippen molar-refractivity contribution in [2.45, 2.75) is 18.9 Å². The first kappa shape index (κ1) is 11.4. The quantitative estimate of drug-likeness (QED) is 0.798. The van der Waals surface area contributed by atoms with Gasteiger partial charge in [-0.3, -0.25) is 4.79 Å². The third-order valence-corrected chi connectivity index (χ3v) is 2.96. The molecule has 1 saturated heterocycles. The molecule has 0 aromatic heterocycles. The standard InChI is InChI=1S/C12H13ClO3/c1-15-11-3-2-8(6-10(11)13)12-7-9(14)4-5-16-12/h2-3,6,12H,4-5,7H2,1H3. The van der Waals surface area contributed by atoms with Crippen LogP contribution in [0.25, 0.3) is 0 Å². The van der Waals surface area contributed by atoms with E-state index in [1.807, 2.05) is 6.07 Å². The van der Waals surface area contributed by atoms with Crippen molar-refractivity contribution < 1.29 is 14.3 Å². The van der Waals surface area contributed by atoms with E-state index in [2.05, 4.69) is 0 Å². The van der Waals surface area contributed by atoms with Gasteiger partial charge in [-0.2, -0.15) is 0 Å². The molecule has 0 amide bonds. The number of benzene rings is 1. The summed E-state index contributed by atoms with van der Waals surface area (Å²) in [6.07, 6.45) is 0.785. The van der Waals surface area contributed by atoms with Crippen LogP contribution in [-0.2, 0) is 9.53 Å². The molecule has 1 aliphatic rings. The molecule has 0 aliphatic carbocycles. The Hall–Kier alpha value is -1.06. The maximum atomic E-state index is 11.3. The number of carbonyl (C=O) groups is 1. The Labute approximate surface area is 99.3 Å². The van der Waals surface area contributed by atoms with Gasteiger partial charge in [0.2, 0.25) is 0 Å². The zero-order valence-electron chi connectivity index (χ0n) is 9.03. The Morgan fingerprint density at radius 1 is 1.50 bits per heavy atom. The van der Waals surface area contributed by atoms with Gasteiger partial charge in [0.15, 0.2) is 0 Å². The summed E-state index contributed by atoms with van der Waals surface area (Å²) in [4.78, 5) is 11.3. The fourth-order valence-electron chi connectivity index (χ4n) is 1.78. The normalized spacial score (nSPS) is 20.9. The summed E-state index contributed by atoms with van der Waals surface area (Å²) in [6.45, 7) is 0.493. The molecule has 1 atom stereocenters. The maximum absolute atomic E-state index is 11.3. The van der Waals surface area contributed by atoms with Gasteiger partial charge in [0.1, 0.15) is 11.5 Å². The predicted octanol–water partition coefficient (Wildman–Crippen LogP) is 2.77. The van der Waals surface area contributed by atoms with Gasteiger partial charge in [0.05, 0.1) is 24.8 Å². The Morgan fingerprint density at radius 3 is 2.94 bits per heavy atom. The van der Waals surface area contributed by atoms with Crippen molar-refractivity contribution in [2.75, 3.05) is 13.7 Å². The lowest BCUT2D eigenvalue weighted by Crippen LogP contribution is -2.19. The number of rotatable bonds is 2. The Balaban J connectivity index is 2.20. The van der Waals surface area contributed by atoms with Crippen molar-refractivity contribution in [1.29, 1.82) is 0 Å². The van der Waals surface area contributed by atoms with Crippen LogP contribution in [0.4, 0.5) is 0 Å². The van der Waals surface area contributed by atoms with E-state index in [1.165, 1.54) is 0 Å². The molecule has 0 bridgehead atoms. The Bertz CT molecular complexity index is 403. The zero-order valence-corrected chi connectivity index (χ0v) is 9.79. The lowest BCUT2D eigenvalue weighted by molar-refractivity contribution is -0.128. The fourth-order valence-corrected chi connectivity index (χ4v) is 2.05. The van der Waals surface area contributed by atoms with E-state index < -0.39 is 0 Å². The van der Waals surface area contributed by atoms with Crippen molar-refractivity contribution in [1.82, 2.24) is 0 Å². The highest BCUT2D eigenvalue weighted by Gasteiger charge is 2.22. The summed E-state index contributed by atoms with van der Waals surface area (Å²) in [5, 5.41) is 0.543. The molecule has 3 nitrogen and oxygen atoms in total. The lowest BCUT2D eigenvalue weighted by atomic mass is 10.0. The minimum atomic E-state index is -0.162. The van der Waals surface area contributed by atoms with Gasteiger partial charge >= 0.3 is 0 Å². The minimum Gasteiger partial charge on any atom is -0.495 e. The third-order valence-electron chi connectivity index (χ3n) is 2.66. The van der Waals surface area contributed by atoms with Gasteiger partial charge < -0.3 is 9.47 Å². The van der Waals surface area contributed by atoms with Crippen LogP contribution >= 0.6 is 11.6 Å². The van der Waals surface area contributed by atoms with E-state index in [9.17, 15) is 4.79 Å². The fraction of sp³-hybridized carbons (Fsp3) is 0.417. The first-order valence-electron chi connectivity index (χ1n) is 5.17. The number of carbonyl (C=O) groups excluding carboxylic acids is 1. The monoisotopic (exact) mass is 240 g/mol. The van der Waals surface area contributed by atoms with Crippen molar-refractivity contribution in [2.24, 2.45) is 0 Å². The molecule has 1 fully saturated rings. The molecule has 0 N–H and O–H groups in total. The van der Waals surface area contributed by atoms with E-state index in [0.717, 1.165) is 5.56 Å². The number of methoxy groups -OCH3 is 1. The van der Waals surface area contributed by atoms with E-state index in [0.29, 0.717) is 30.2 Å². The summed E-state index contributed by atoms with van der Waals surface area (Å²) in [5.74, 6) is 0.871. The molecular formula is C12H13ClO3. The highest BCUT2D eigenvalue weighted by molar-refractivity contribution is 6.32. The van der Waals surface area contributed by atoms with Crippen LogP contribution in [0.5, 0.6) is 5.75 Å². The van der Waals surface area contributed by atoms with Gasteiger partial charge in [0.25, 0.3) is 0 Å². The second-order valence-electron chi connectivity index (χ2n) is 3.75. The average Bonchev–Trinajstić information content (AvgIpc) is 2.29. The molecule has 1 unspecified atom stereocenters. The average molecular weight is 241 g/mol. The minimum absolute atomic E-state index is 0.162. The Kier molecular flexibility index (Phi) is 3.46. The largest absolute Gasteiger partial charge is 0.495 e. The second-order valence-corrected chi connectivity index (χ2v) is 4.15. The van der Waals surface area contributed by atoms with Gasteiger partial charge in [-0.25, -0.2) is 0 Å². The van der Waals surface area contributed by atoms with Gasteiger partial charge in [-0.15, -0.1) is 0 Å². The first-order chi connectivity index (χ1) is 7.70. The Morgan fingerprint density at radius 2 is 2.31 bits per heavy atom. The van der Waals surface area contributed by atoms with Gasteiger partial charge in [-0.1, -0.05) is 17.7 Å². The van der Waals surface area contributed by atoms with Crippen molar-refractivity contribution in [3.63, 3.8) is 0 Å². The van der Waals surface area contributed by atoms with Crippen LogP contribution in [0.15, 0.2) is 18.2 Å². The number of hydrogen-bond donors (Lipinski definition) is 0. The molecule has 0 spiro atoms. The topological polar surface area (TPSA) is 35.5 Å². The van der Waals surface area contributed by atoms with Crippen LogP contribution in [0.3, 0.4) is 0 Å². The lowest BCUT2D eigenvalue weighted by Gasteiger charge is -2.22. The van der Waals surface area contributed by atoms with Crippen molar-refractivity contribution in [3.05, 3.63) is 28.8 Å². The van der Waals surface area contributed by atoms with Gasteiger partial charge in [0, 0.05) is 12.8 Å².